The minimum Gasteiger partial charge on any atom is -0.241 e. The molecule has 0 amide bonds. The average Bonchev–Trinajstić information content (AvgIpc) is 2.06. The van der Waals surface area contributed by atoms with Crippen molar-refractivity contribution >= 4 is 11.6 Å². The lowest BCUT2D eigenvalue weighted by atomic mass is 10.0. The third-order valence-corrected chi connectivity index (χ3v) is 1.80. The van der Waals surface area contributed by atoms with E-state index in [4.69, 9.17) is 11.6 Å². The van der Waals surface area contributed by atoms with Gasteiger partial charge in [0.25, 0.3) is 0 Å². The van der Waals surface area contributed by atoms with Gasteiger partial charge in [-0.2, -0.15) is 0 Å². The highest BCUT2D eigenvalue weighted by Crippen LogP contribution is 2.18. The molecule has 0 saturated carbocycles. The molecule has 0 radical (unpaired) electrons. The quantitative estimate of drug-likeness (QED) is 0.618. The zero-order valence-corrected chi connectivity index (χ0v) is 9.81. The maximum atomic E-state index is 5.78. The largest absolute Gasteiger partial charge is 0.241 e. The lowest BCUT2D eigenvalue weighted by molar-refractivity contribution is 0.859. The zero-order valence-electron chi connectivity index (χ0n) is 9.06. The molecule has 0 aliphatic heterocycles. The molecule has 0 unspecified atom stereocenters. The molecule has 13 heavy (non-hydrogen) atoms. The van der Waals surface area contributed by atoms with E-state index in [1.165, 1.54) is 5.56 Å². The maximum Gasteiger partial charge on any atom is 0.129 e. The summed E-state index contributed by atoms with van der Waals surface area (Å²) in [6, 6.07) is 3.98. The van der Waals surface area contributed by atoms with Crippen LogP contribution in [-0.2, 0) is 0 Å². The Morgan fingerprint density at radius 1 is 1.23 bits per heavy atom. The maximum absolute atomic E-state index is 5.78. The molecule has 0 fully saturated rings. The number of hydrogen-bond acceptors (Lipinski definition) is 1. The molecule has 0 N–H and O–H groups in total. The van der Waals surface area contributed by atoms with Crippen LogP contribution in [0.1, 0.15) is 44.9 Å². The van der Waals surface area contributed by atoms with Gasteiger partial charge in [0.2, 0.25) is 0 Å². The van der Waals surface area contributed by atoms with Crippen LogP contribution in [0.3, 0.4) is 0 Å². The number of aryl methyl sites for hydroxylation is 1. The van der Waals surface area contributed by atoms with Crippen LogP contribution in [-0.4, -0.2) is 4.98 Å². The van der Waals surface area contributed by atoms with Crippen molar-refractivity contribution in [2.45, 2.75) is 40.5 Å². The van der Waals surface area contributed by atoms with Crippen molar-refractivity contribution in [2.24, 2.45) is 0 Å². The van der Waals surface area contributed by atoms with Gasteiger partial charge in [-0.05, 0) is 30.5 Å². The van der Waals surface area contributed by atoms with Crippen LogP contribution in [0.2, 0.25) is 5.15 Å². The molecule has 1 rings (SSSR count). The molecule has 0 atom stereocenters. The first-order valence-corrected chi connectivity index (χ1v) is 5.11. The highest BCUT2D eigenvalue weighted by atomic mass is 35.5. The number of rotatable bonds is 1. The molecule has 1 heterocycles. The van der Waals surface area contributed by atoms with Crippen molar-refractivity contribution in [3.8, 4) is 0 Å². The topological polar surface area (TPSA) is 12.9 Å². The molecule has 1 nitrogen and oxygen atoms in total. The van der Waals surface area contributed by atoms with Gasteiger partial charge in [0, 0.05) is 5.69 Å². The van der Waals surface area contributed by atoms with Crippen LogP contribution >= 0.6 is 11.6 Å². The summed E-state index contributed by atoms with van der Waals surface area (Å²) in [4.78, 5) is 4.08. The van der Waals surface area contributed by atoms with Crippen LogP contribution < -0.4 is 0 Å². The standard InChI is InChI=1S/C9H12ClN.C2H6/c1-6(2)8-4-7(3)11-9(10)5-8;1-2/h4-6H,1-3H3;1-2H3. The van der Waals surface area contributed by atoms with Crippen molar-refractivity contribution < 1.29 is 0 Å². The summed E-state index contributed by atoms with van der Waals surface area (Å²) in [5.41, 5.74) is 2.24. The first-order chi connectivity index (χ1) is 6.09. The second-order valence-electron chi connectivity index (χ2n) is 3.02. The van der Waals surface area contributed by atoms with Crippen LogP contribution in [0.15, 0.2) is 12.1 Å². The number of halogens is 1. The first kappa shape index (κ1) is 12.4. The van der Waals surface area contributed by atoms with Crippen molar-refractivity contribution in [1.29, 1.82) is 0 Å². The number of pyridine rings is 1. The Bertz CT molecular complexity index is 236. The Hall–Kier alpha value is -0.560. The van der Waals surface area contributed by atoms with E-state index in [9.17, 15) is 0 Å². The third kappa shape index (κ3) is 4.28. The second kappa shape index (κ2) is 5.98. The number of aromatic nitrogens is 1. The third-order valence-electron chi connectivity index (χ3n) is 1.61. The fourth-order valence-corrected chi connectivity index (χ4v) is 1.25. The predicted octanol–water partition coefficient (Wildman–Crippen LogP) is 4.19. The summed E-state index contributed by atoms with van der Waals surface area (Å²) in [6.07, 6.45) is 0. The van der Waals surface area contributed by atoms with Crippen molar-refractivity contribution in [1.82, 2.24) is 4.98 Å². The predicted molar refractivity (Wildman–Crippen MR) is 59.4 cm³/mol. The van der Waals surface area contributed by atoms with Gasteiger partial charge in [-0.15, -0.1) is 0 Å². The summed E-state index contributed by atoms with van der Waals surface area (Å²) in [5.74, 6) is 0.522. The fourth-order valence-electron chi connectivity index (χ4n) is 0.987. The molecule has 0 saturated heterocycles. The van der Waals surface area contributed by atoms with Crippen molar-refractivity contribution in [2.75, 3.05) is 0 Å². The zero-order chi connectivity index (χ0) is 10.4. The summed E-state index contributed by atoms with van der Waals surface area (Å²) in [7, 11) is 0. The average molecular weight is 200 g/mol. The van der Waals surface area contributed by atoms with Crippen LogP contribution in [0.25, 0.3) is 0 Å². The number of hydrogen-bond donors (Lipinski definition) is 0. The minimum atomic E-state index is 0.522. The number of nitrogens with zero attached hydrogens (tertiary/aromatic N) is 1. The Morgan fingerprint density at radius 3 is 2.15 bits per heavy atom. The van der Waals surface area contributed by atoms with E-state index in [1.807, 2.05) is 26.8 Å². The van der Waals surface area contributed by atoms with E-state index in [-0.39, 0.29) is 0 Å². The molecule has 0 bridgehead atoms. The molecule has 0 aliphatic rings. The molecule has 0 spiro atoms. The Balaban J connectivity index is 0.000000671. The molecular formula is C11H18ClN. The Morgan fingerprint density at radius 2 is 1.77 bits per heavy atom. The van der Waals surface area contributed by atoms with E-state index >= 15 is 0 Å². The Kier molecular flexibility index (Phi) is 5.72. The SMILES string of the molecule is CC.Cc1cc(C(C)C)cc(Cl)n1. The monoisotopic (exact) mass is 199 g/mol. The molecule has 2 heteroatoms. The lowest BCUT2D eigenvalue weighted by Crippen LogP contribution is -1.90. The van der Waals surface area contributed by atoms with Gasteiger partial charge in [0.15, 0.2) is 0 Å². The molecule has 74 valence electrons. The molecule has 1 aromatic rings. The fraction of sp³-hybridized carbons (Fsp3) is 0.545. The van der Waals surface area contributed by atoms with Gasteiger partial charge in [-0.1, -0.05) is 39.3 Å². The van der Waals surface area contributed by atoms with Gasteiger partial charge in [-0.25, -0.2) is 4.98 Å². The van der Waals surface area contributed by atoms with Crippen molar-refractivity contribution in [3.63, 3.8) is 0 Å². The summed E-state index contributed by atoms with van der Waals surface area (Å²) < 4.78 is 0. The van der Waals surface area contributed by atoms with Crippen LogP contribution in [0.4, 0.5) is 0 Å². The van der Waals surface area contributed by atoms with Crippen LogP contribution in [0.5, 0.6) is 0 Å². The second-order valence-corrected chi connectivity index (χ2v) is 3.41. The van der Waals surface area contributed by atoms with Crippen LogP contribution in [0, 0.1) is 6.92 Å². The molecular weight excluding hydrogens is 182 g/mol. The minimum absolute atomic E-state index is 0.522. The van der Waals surface area contributed by atoms with Crippen molar-refractivity contribution in [3.05, 3.63) is 28.5 Å². The van der Waals surface area contributed by atoms with Gasteiger partial charge in [-0.3, -0.25) is 0 Å². The molecule has 0 aliphatic carbocycles. The van der Waals surface area contributed by atoms with E-state index < -0.39 is 0 Å². The van der Waals surface area contributed by atoms with E-state index in [1.54, 1.807) is 0 Å². The summed E-state index contributed by atoms with van der Waals surface area (Å²) in [5, 5.41) is 0.591. The Labute approximate surface area is 86.1 Å². The lowest BCUT2D eigenvalue weighted by Gasteiger charge is -2.05. The first-order valence-electron chi connectivity index (χ1n) is 4.73. The van der Waals surface area contributed by atoms with Gasteiger partial charge < -0.3 is 0 Å². The smallest absolute Gasteiger partial charge is 0.129 e. The van der Waals surface area contributed by atoms with Gasteiger partial charge in [0.1, 0.15) is 5.15 Å². The molecule has 1 aromatic heterocycles. The van der Waals surface area contributed by atoms with Gasteiger partial charge in [0.05, 0.1) is 0 Å². The normalized spacial score (nSPS) is 9.46. The highest BCUT2D eigenvalue weighted by molar-refractivity contribution is 6.29. The van der Waals surface area contributed by atoms with E-state index in [0.29, 0.717) is 11.1 Å². The summed E-state index contributed by atoms with van der Waals surface area (Å²) in [6.45, 7) is 10.2. The highest BCUT2D eigenvalue weighted by Gasteiger charge is 2.01. The molecule has 0 aromatic carbocycles. The summed E-state index contributed by atoms with van der Waals surface area (Å²) >= 11 is 5.78. The van der Waals surface area contributed by atoms with Gasteiger partial charge >= 0.3 is 0 Å². The van der Waals surface area contributed by atoms with E-state index in [0.717, 1.165) is 5.69 Å². The van der Waals surface area contributed by atoms with E-state index in [2.05, 4.69) is 24.9 Å².